The Bertz CT molecular complexity index is 1030. The van der Waals surface area contributed by atoms with Crippen molar-refractivity contribution in [1.82, 2.24) is 9.88 Å². The number of nitriles is 1. The van der Waals surface area contributed by atoms with E-state index in [1.807, 2.05) is 26.0 Å². The maximum absolute atomic E-state index is 14.7. The number of fused-ring (bicyclic) bond motifs is 1. The lowest BCUT2D eigenvalue weighted by Crippen LogP contribution is -2.55. The first-order valence-electron chi connectivity index (χ1n) is 11.4. The van der Waals surface area contributed by atoms with E-state index in [2.05, 4.69) is 20.5 Å². The van der Waals surface area contributed by atoms with Crippen molar-refractivity contribution in [3.63, 3.8) is 0 Å². The topological polar surface area (TPSA) is 81.0 Å². The Morgan fingerprint density at radius 2 is 2.16 bits per heavy atom. The summed E-state index contributed by atoms with van der Waals surface area (Å²) in [5.41, 5.74) is 3.05. The quantitative estimate of drug-likeness (QED) is 0.685. The highest BCUT2D eigenvalue weighted by molar-refractivity contribution is 5.91. The van der Waals surface area contributed by atoms with Crippen molar-refractivity contribution in [2.24, 2.45) is 0 Å². The van der Waals surface area contributed by atoms with Crippen molar-refractivity contribution in [3.05, 3.63) is 53.1 Å². The van der Waals surface area contributed by atoms with Gasteiger partial charge in [-0.1, -0.05) is 0 Å². The number of hydrogen-bond donors (Lipinski definition) is 2. The van der Waals surface area contributed by atoms with Gasteiger partial charge in [0.15, 0.2) is 5.78 Å². The molecule has 6 nitrogen and oxygen atoms in total. The molecule has 168 valence electrons. The SMILES string of the molecule is CCNc1cc(F)cc2c1CCCC(=O)C2(C)N1CCC[C@@H](Nc2ccc(C#N)nc2)C1. The first kappa shape index (κ1) is 22.2. The second-order valence-electron chi connectivity index (χ2n) is 8.83. The molecule has 0 spiro atoms. The third kappa shape index (κ3) is 4.20. The number of nitrogens with zero attached hydrogens (tertiary/aromatic N) is 3. The number of nitrogens with one attached hydrogen (secondary N) is 2. The number of aromatic nitrogens is 1. The van der Waals surface area contributed by atoms with Crippen LogP contribution in [0.5, 0.6) is 0 Å². The zero-order valence-corrected chi connectivity index (χ0v) is 18.7. The lowest BCUT2D eigenvalue weighted by atomic mass is 9.81. The van der Waals surface area contributed by atoms with E-state index in [-0.39, 0.29) is 17.6 Å². The molecule has 2 aromatic rings. The molecule has 2 aliphatic rings. The number of piperidine rings is 1. The maximum Gasteiger partial charge on any atom is 0.157 e. The van der Waals surface area contributed by atoms with Crippen molar-refractivity contribution in [2.75, 3.05) is 30.3 Å². The van der Waals surface area contributed by atoms with E-state index in [4.69, 9.17) is 5.26 Å². The summed E-state index contributed by atoms with van der Waals surface area (Å²) in [6.07, 6.45) is 5.62. The molecule has 0 radical (unpaired) electrons. The Morgan fingerprint density at radius 1 is 1.31 bits per heavy atom. The van der Waals surface area contributed by atoms with E-state index in [0.717, 1.165) is 54.7 Å². The van der Waals surface area contributed by atoms with Crippen molar-refractivity contribution < 1.29 is 9.18 Å². The van der Waals surface area contributed by atoms with Gasteiger partial charge in [0.2, 0.25) is 0 Å². The van der Waals surface area contributed by atoms with Crippen molar-refractivity contribution in [3.8, 4) is 6.07 Å². The molecule has 1 aromatic carbocycles. The van der Waals surface area contributed by atoms with Crippen LogP contribution in [0.25, 0.3) is 0 Å². The van der Waals surface area contributed by atoms with Crippen LogP contribution in [0.1, 0.15) is 56.4 Å². The fourth-order valence-electron chi connectivity index (χ4n) is 5.14. The first-order valence-corrected chi connectivity index (χ1v) is 11.4. The van der Waals surface area contributed by atoms with Crippen LogP contribution in [0.4, 0.5) is 15.8 Å². The molecule has 1 aliphatic carbocycles. The Labute approximate surface area is 188 Å². The molecule has 1 fully saturated rings. The Kier molecular flexibility index (Phi) is 6.43. The van der Waals surface area contributed by atoms with Crippen LogP contribution in [0.3, 0.4) is 0 Å². The molecule has 1 aliphatic heterocycles. The minimum Gasteiger partial charge on any atom is -0.385 e. The van der Waals surface area contributed by atoms with Gasteiger partial charge in [-0.05, 0) is 81.5 Å². The van der Waals surface area contributed by atoms with E-state index in [0.29, 0.717) is 25.2 Å². The standard InChI is InChI=1S/C25H30FN5O/c1-3-28-23-13-17(26)12-22-21(23)7-4-8-24(32)25(22,2)31-11-5-6-20(16-31)30-19-10-9-18(14-27)29-15-19/h9-10,12-13,15,20,28,30H,3-8,11,16H2,1-2H3/t20-,25?/m1/s1. The van der Waals surface area contributed by atoms with Crippen LogP contribution in [-0.4, -0.2) is 41.3 Å². The average Bonchev–Trinajstić information content (AvgIpc) is 2.92. The molecular weight excluding hydrogens is 405 g/mol. The fraction of sp³-hybridized carbons (Fsp3) is 0.480. The van der Waals surface area contributed by atoms with Gasteiger partial charge < -0.3 is 10.6 Å². The molecule has 4 rings (SSSR count). The molecule has 1 unspecified atom stereocenters. The van der Waals surface area contributed by atoms with E-state index in [9.17, 15) is 9.18 Å². The molecule has 1 saturated heterocycles. The summed E-state index contributed by atoms with van der Waals surface area (Å²) in [5.74, 6) is -0.152. The number of Topliss-reactive ketones (excluding diaryl/α,β-unsaturated/α-hetero) is 1. The second-order valence-corrected chi connectivity index (χ2v) is 8.83. The molecule has 32 heavy (non-hydrogen) atoms. The molecular formula is C25H30FN5O. The number of carbonyl (C=O) groups is 1. The van der Waals surface area contributed by atoms with Crippen LogP contribution < -0.4 is 10.6 Å². The average molecular weight is 436 g/mol. The van der Waals surface area contributed by atoms with Crippen molar-refractivity contribution >= 4 is 17.2 Å². The number of anilines is 2. The van der Waals surface area contributed by atoms with E-state index < -0.39 is 5.54 Å². The largest absolute Gasteiger partial charge is 0.385 e. The summed E-state index contributed by atoms with van der Waals surface area (Å²) in [5, 5.41) is 15.8. The Hall–Kier alpha value is -2.98. The molecule has 2 heterocycles. The first-order chi connectivity index (χ1) is 15.5. The zero-order valence-electron chi connectivity index (χ0n) is 18.7. The minimum atomic E-state index is -0.860. The van der Waals surface area contributed by atoms with Gasteiger partial charge >= 0.3 is 0 Å². The molecule has 1 aromatic heterocycles. The number of ketones is 1. The van der Waals surface area contributed by atoms with Gasteiger partial charge in [-0.3, -0.25) is 9.69 Å². The number of carbonyl (C=O) groups excluding carboxylic acids is 1. The molecule has 2 atom stereocenters. The van der Waals surface area contributed by atoms with Crippen LogP contribution in [0.2, 0.25) is 0 Å². The smallest absolute Gasteiger partial charge is 0.157 e. The van der Waals surface area contributed by atoms with Gasteiger partial charge in [0, 0.05) is 31.2 Å². The number of halogens is 1. The fourth-order valence-corrected chi connectivity index (χ4v) is 5.14. The summed E-state index contributed by atoms with van der Waals surface area (Å²) in [4.78, 5) is 19.8. The maximum atomic E-state index is 14.7. The predicted octanol–water partition coefficient (Wildman–Crippen LogP) is 4.22. The molecule has 0 bridgehead atoms. The van der Waals surface area contributed by atoms with Crippen LogP contribution in [-0.2, 0) is 16.8 Å². The zero-order chi connectivity index (χ0) is 22.7. The molecule has 0 amide bonds. The van der Waals surface area contributed by atoms with Crippen LogP contribution >= 0.6 is 0 Å². The normalized spacial score (nSPS) is 23.7. The third-order valence-corrected chi connectivity index (χ3v) is 6.78. The number of pyridine rings is 1. The lowest BCUT2D eigenvalue weighted by Gasteiger charge is -2.45. The van der Waals surface area contributed by atoms with Crippen molar-refractivity contribution in [2.45, 2.75) is 57.5 Å². The Morgan fingerprint density at radius 3 is 2.88 bits per heavy atom. The van der Waals surface area contributed by atoms with Gasteiger partial charge in [-0.25, -0.2) is 9.37 Å². The van der Waals surface area contributed by atoms with Crippen molar-refractivity contribution in [1.29, 1.82) is 5.26 Å². The highest BCUT2D eigenvalue weighted by Crippen LogP contribution is 2.41. The van der Waals surface area contributed by atoms with Gasteiger partial charge in [-0.15, -0.1) is 0 Å². The van der Waals surface area contributed by atoms with Crippen LogP contribution in [0, 0.1) is 17.1 Å². The summed E-state index contributed by atoms with van der Waals surface area (Å²) in [6, 6.07) is 8.84. The lowest BCUT2D eigenvalue weighted by molar-refractivity contribution is -0.131. The second kappa shape index (κ2) is 9.25. The molecule has 7 heteroatoms. The van der Waals surface area contributed by atoms with E-state index >= 15 is 0 Å². The molecule has 0 saturated carbocycles. The summed E-state index contributed by atoms with van der Waals surface area (Å²) in [6.45, 7) is 6.14. The van der Waals surface area contributed by atoms with Crippen LogP contribution in [0.15, 0.2) is 30.5 Å². The van der Waals surface area contributed by atoms with Gasteiger partial charge in [0.25, 0.3) is 0 Å². The number of rotatable bonds is 5. The highest BCUT2D eigenvalue weighted by Gasteiger charge is 2.45. The number of hydrogen-bond acceptors (Lipinski definition) is 6. The summed E-state index contributed by atoms with van der Waals surface area (Å²) >= 11 is 0. The summed E-state index contributed by atoms with van der Waals surface area (Å²) < 4.78 is 14.7. The van der Waals surface area contributed by atoms with Gasteiger partial charge in [-0.2, -0.15) is 5.26 Å². The number of likely N-dealkylation sites (tertiary alicyclic amines) is 1. The summed E-state index contributed by atoms with van der Waals surface area (Å²) in [7, 11) is 0. The monoisotopic (exact) mass is 435 g/mol. The Balaban J connectivity index is 1.65. The minimum absolute atomic E-state index is 0.136. The predicted molar refractivity (Wildman–Crippen MR) is 123 cm³/mol. The number of benzene rings is 1. The molecule has 2 N–H and O–H groups in total. The van der Waals surface area contributed by atoms with E-state index in [1.165, 1.54) is 0 Å². The highest BCUT2D eigenvalue weighted by atomic mass is 19.1. The van der Waals surface area contributed by atoms with Gasteiger partial charge in [0.05, 0.1) is 11.9 Å². The van der Waals surface area contributed by atoms with E-state index in [1.54, 1.807) is 24.4 Å². The van der Waals surface area contributed by atoms with Gasteiger partial charge in [0.1, 0.15) is 23.1 Å². The third-order valence-electron chi connectivity index (χ3n) is 6.78.